The normalized spacial score (nSPS) is 11.2. The topological polar surface area (TPSA) is 101 Å². The van der Waals surface area contributed by atoms with Crippen LogP contribution < -0.4 is 20.3 Å². The van der Waals surface area contributed by atoms with Gasteiger partial charge in [0.2, 0.25) is 0 Å². The molecule has 2 rings (SSSR count). The number of carbonyl (C=O) groups is 2. The quantitative estimate of drug-likeness (QED) is 0.367. The molecular formula is C23H28N4O4. The van der Waals surface area contributed by atoms with Gasteiger partial charge in [0, 0.05) is 0 Å². The summed E-state index contributed by atoms with van der Waals surface area (Å²) in [5, 5.41) is 7.90. The molecule has 0 aromatic heterocycles. The van der Waals surface area contributed by atoms with Gasteiger partial charge in [0.15, 0.2) is 0 Å². The zero-order valence-electron chi connectivity index (χ0n) is 18.4. The molecule has 0 heterocycles. The number of aryl methyl sites for hydroxylation is 2. The molecule has 31 heavy (non-hydrogen) atoms. The van der Waals surface area contributed by atoms with E-state index in [9.17, 15) is 9.59 Å². The molecule has 0 radical (unpaired) electrons. The van der Waals surface area contributed by atoms with Crippen LogP contribution in [0.3, 0.4) is 0 Å². The second kappa shape index (κ2) is 11.5. The molecule has 0 saturated carbocycles. The van der Waals surface area contributed by atoms with E-state index in [2.05, 4.69) is 21.1 Å². The summed E-state index contributed by atoms with van der Waals surface area (Å²) in [6.45, 7) is 5.58. The predicted octanol–water partition coefficient (Wildman–Crippen LogP) is 2.95. The third-order valence-corrected chi connectivity index (χ3v) is 4.66. The van der Waals surface area contributed by atoms with Crippen molar-refractivity contribution >= 4 is 24.2 Å². The van der Waals surface area contributed by atoms with E-state index in [1.165, 1.54) is 12.4 Å². The molecule has 164 valence electrons. The largest absolute Gasteiger partial charge is 0.496 e. The van der Waals surface area contributed by atoms with Gasteiger partial charge in [0.1, 0.15) is 17.4 Å². The average molecular weight is 425 g/mol. The number of nitrogens with zero attached hydrogens (tertiary/aromatic N) is 2. The van der Waals surface area contributed by atoms with Crippen LogP contribution in [-0.2, 0) is 9.59 Å². The summed E-state index contributed by atoms with van der Waals surface area (Å²) in [6, 6.07) is 11.1. The Balaban J connectivity index is 1.92. The second-order valence-corrected chi connectivity index (χ2v) is 6.89. The molecular weight excluding hydrogens is 396 g/mol. The first-order valence-electron chi connectivity index (χ1n) is 9.84. The van der Waals surface area contributed by atoms with Crippen LogP contribution in [0.4, 0.5) is 0 Å². The van der Waals surface area contributed by atoms with E-state index in [0.717, 1.165) is 33.8 Å². The number of hydrazone groups is 2. The molecule has 0 aliphatic heterocycles. The number of hydrogen-bond donors (Lipinski definition) is 2. The van der Waals surface area contributed by atoms with Crippen LogP contribution in [0.5, 0.6) is 11.5 Å². The molecule has 8 heteroatoms. The van der Waals surface area contributed by atoms with E-state index in [1.807, 2.05) is 50.2 Å². The molecule has 0 aliphatic rings. The smallest absolute Gasteiger partial charge is 0.252 e. The van der Waals surface area contributed by atoms with Crippen LogP contribution >= 0.6 is 0 Å². The first kappa shape index (κ1) is 23.6. The summed E-state index contributed by atoms with van der Waals surface area (Å²) >= 11 is 0. The first-order chi connectivity index (χ1) is 14.9. The van der Waals surface area contributed by atoms with Gasteiger partial charge in [-0.25, -0.2) is 10.9 Å². The maximum absolute atomic E-state index is 12.4. The summed E-state index contributed by atoms with van der Waals surface area (Å²) in [5.41, 5.74) is 8.33. The van der Waals surface area contributed by atoms with E-state index in [-0.39, 0.29) is 0 Å². The Bertz CT molecular complexity index is 908. The van der Waals surface area contributed by atoms with Crippen LogP contribution in [0.1, 0.15) is 35.6 Å². The predicted molar refractivity (Wildman–Crippen MR) is 121 cm³/mol. The number of amides is 2. The van der Waals surface area contributed by atoms with E-state index in [4.69, 9.17) is 9.47 Å². The molecule has 0 bridgehead atoms. The third kappa shape index (κ3) is 6.67. The monoisotopic (exact) mass is 424 g/mol. The molecule has 2 aromatic carbocycles. The van der Waals surface area contributed by atoms with Gasteiger partial charge in [0.05, 0.1) is 26.6 Å². The highest BCUT2D eigenvalue weighted by Gasteiger charge is 2.24. The average Bonchev–Trinajstić information content (AvgIpc) is 2.74. The summed E-state index contributed by atoms with van der Waals surface area (Å²) < 4.78 is 10.4. The van der Waals surface area contributed by atoms with E-state index in [1.54, 1.807) is 21.1 Å². The third-order valence-electron chi connectivity index (χ3n) is 4.66. The molecule has 2 aromatic rings. The van der Waals surface area contributed by atoms with Gasteiger partial charge in [-0.05, 0) is 78.9 Å². The van der Waals surface area contributed by atoms with Gasteiger partial charge in [-0.15, -0.1) is 0 Å². The highest BCUT2D eigenvalue weighted by molar-refractivity contribution is 6.00. The van der Waals surface area contributed by atoms with Gasteiger partial charge in [0.25, 0.3) is 11.8 Å². The molecule has 0 spiro atoms. The Hall–Kier alpha value is -3.68. The molecule has 0 atom stereocenters. The van der Waals surface area contributed by atoms with Crippen molar-refractivity contribution in [3.8, 4) is 11.5 Å². The van der Waals surface area contributed by atoms with Gasteiger partial charge in [-0.3, -0.25) is 9.59 Å². The van der Waals surface area contributed by atoms with Crippen LogP contribution in [0.2, 0.25) is 0 Å². The Morgan fingerprint density at radius 3 is 1.61 bits per heavy atom. The SMILES string of the molecule is CCC(C(=O)N/N=C/c1ccc(OC)c(C)c1)C(=O)N/N=C/c1ccc(OC)c(C)c1. The summed E-state index contributed by atoms with van der Waals surface area (Å²) in [4.78, 5) is 24.7. The van der Waals surface area contributed by atoms with Gasteiger partial charge >= 0.3 is 0 Å². The summed E-state index contributed by atoms with van der Waals surface area (Å²) in [5.74, 6) is -0.373. The number of nitrogens with one attached hydrogen (secondary N) is 2. The van der Waals surface area contributed by atoms with Gasteiger partial charge in [-0.1, -0.05) is 6.92 Å². The molecule has 2 N–H and O–H groups in total. The fourth-order valence-corrected chi connectivity index (χ4v) is 2.95. The Labute approximate surface area is 182 Å². The van der Waals surface area contributed by atoms with Gasteiger partial charge < -0.3 is 9.47 Å². The number of rotatable bonds is 9. The fraction of sp³-hybridized carbons (Fsp3) is 0.304. The lowest BCUT2D eigenvalue weighted by atomic mass is 10.1. The van der Waals surface area contributed by atoms with Crippen molar-refractivity contribution in [2.24, 2.45) is 16.1 Å². The van der Waals surface area contributed by atoms with Crippen LogP contribution in [0.25, 0.3) is 0 Å². The minimum absolute atomic E-state index is 0.312. The van der Waals surface area contributed by atoms with E-state index < -0.39 is 17.7 Å². The van der Waals surface area contributed by atoms with Crippen molar-refractivity contribution in [2.75, 3.05) is 14.2 Å². The lowest BCUT2D eigenvalue weighted by molar-refractivity contribution is -0.135. The number of carbonyl (C=O) groups excluding carboxylic acids is 2. The molecule has 0 aliphatic carbocycles. The molecule has 0 saturated heterocycles. The Morgan fingerprint density at radius 1 is 0.871 bits per heavy atom. The number of methoxy groups -OCH3 is 2. The fourth-order valence-electron chi connectivity index (χ4n) is 2.95. The number of ether oxygens (including phenoxy) is 2. The van der Waals surface area contributed by atoms with Crippen molar-refractivity contribution in [2.45, 2.75) is 27.2 Å². The Kier molecular flexibility index (Phi) is 8.75. The van der Waals surface area contributed by atoms with Crippen molar-refractivity contribution in [1.82, 2.24) is 10.9 Å². The number of hydrogen-bond acceptors (Lipinski definition) is 6. The maximum atomic E-state index is 12.4. The van der Waals surface area contributed by atoms with Gasteiger partial charge in [-0.2, -0.15) is 10.2 Å². The van der Waals surface area contributed by atoms with Crippen molar-refractivity contribution < 1.29 is 19.1 Å². The molecule has 0 unspecified atom stereocenters. The minimum Gasteiger partial charge on any atom is -0.496 e. The summed E-state index contributed by atoms with van der Waals surface area (Å²) in [7, 11) is 3.21. The Morgan fingerprint density at radius 2 is 1.29 bits per heavy atom. The zero-order valence-corrected chi connectivity index (χ0v) is 18.4. The van der Waals surface area contributed by atoms with Crippen LogP contribution in [0.15, 0.2) is 46.6 Å². The van der Waals surface area contributed by atoms with Crippen LogP contribution in [0, 0.1) is 19.8 Å². The van der Waals surface area contributed by atoms with Crippen molar-refractivity contribution in [1.29, 1.82) is 0 Å². The highest BCUT2D eigenvalue weighted by Crippen LogP contribution is 2.18. The standard InChI is InChI=1S/C23H28N4O4/c1-6-19(22(28)26-24-13-17-7-9-20(30-4)15(2)11-17)23(29)27-25-14-18-8-10-21(31-5)16(3)12-18/h7-14,19H,6H2,1-5H3,(H,26,28)(H,27,29)/b24-13+,25-14+. The molecule has 0 fully saturated rings. The lowest BCUT2D eigenvalue weighted by Gasteiger charge is -2.11. The molecule has 8 nitrogen and oxygen atoms in total. The van der Waals surface area contributed by atoms with E-state index >= 15 is 0 Å². The lowest BCUT2D eigenvalue weighted by Crippen LogP contribution is -2.37. The first-order valence-corrected chi connectivity index (χ1v) is 9.84. The molecule has 2 amide bonds. The van der Waals surface area contributed by atoms with E-state index in [0.29, 0.717) is 6.42 Å². The minimum atomic E-state index is -0.912. The van der Waals surface area contributed by atoms with Crippen molar-refractivity contribution in [3.05, 3.63) is 58.7 Å². The maximum Gasteiger partial charge on any atom is 0.252 e. The second-order valence-electron chi connectivity index (χ2n) is 6.89. The highest BCUT2D eigenvalue weighted by atomic mass is 16.5. The van der Waals surface area contributed by atoms with Crippen molar-refractivity contribution in [3.63, 3.8) is 0 Å². The summed E-state index contributed by atoms with van der Waals surface area (Å²) in [6.07, 6.45) is 3.34. The number of benzene rings is 2. The van der Waals surface area contributed by atoms with Crippen LogP contribution in [-0.4, -0.2) is 38.5 Å². The zero-order chi connectivity index (χ0) is 22.8.